The van der Waals surface area contributed by atoms with E-state index in [2.05, 4.69) is 20.8 Å². The number of nitrogens with zero attached hydrogens (tertiary/aromatic N) is 1. The molecule has 0 aromatic heterocycles. The predicted octanol–water partition coefficient (Wildman–Crippen LogP) is 4.03. The highest BCUT2D eigenvalue weighted by molar-refractivity contribution is 9.10. The van der Waals surface area contributed by atoms with E-state index in [1.165, 1.54) is 6.07 Å². The first-order valence-electron chi connectivity index (χ1n) is 6.64. The summed E-state index contributed by atoms with van der Waals surface area (Å²) in [4.78, 5) is 2.05. The summed E-state index contributed by atoms with van der Waals surface area (Å²) in [5.74, 6) is 0.411. The minimum atomic E-state index is -4.31. The van der Waals surface area contributed by atoms with E-state index < -0.39 is 11.7 Å². The van der Waals surface area contributed by atoms with Gasteiger partial charge >= 0.3 is 6.18 Å². The first-order valence-corrected chi connectivity index (χ1v) is 7.43. The van der Waals surface area contributed by atoms with E-state index in [0.29, 0.717) is 23.0 Å². The van der Waals surface area contributed by atoms with Crippen molar-refractivity contribution < 1.29 is 13.2 Å². The third-order valence-electron chi connectivity index (χ3n) is 4.07. The number of alkyl halides is 3. The van der Waals surface area contributed by atoms with Gasteiger partial charge < -0.3 is 10.6 Å². The highest BCUT2D eigenvalue weighted by Gasteiger charge is 2.33. The van der Waals surface area contributed by atoms with Crippen molar-refractivity contribution in [1.29, 1.82) is 0 Å². The molecule has 1 aliphatic rings. The Labute approximate surface area is 125 Å². The topological polar surface area (TPSA) is 29.3 Å². The number of halogens is 4. The molecule has 20 heavy (non-hydrogen) atoms. The van der Waals surface area contributed by atoms with Crippen LogP contribution < -0.4 is 10.6 Å². The van der Waals surface area contributed by atoms with Crippen LogP contribution in [0.2, 0.25) is 0 Å². The van der Waals surface area contributed by atoms with Crippen LogP contribution in [0.25, 0.3) is 0 Å². The summed E-state index contributed by atoms with van der Waals surface area (Å²) in [5, 5.41) is 0. The van der Waals surface area contributed by atoms with Crippen LogP contribution in [0.1, 0.15) is 24.8 Å². The van der Waals surface area contributed by atoms with E-state index in [0.717, 1.165) is 37.1 Å². The number of hydrogen-bond donors (Lipinski definition) is 1. The summed E-state index contributed by atoms with van der Waals surface area (Å²) in [7, 11) is 1.92. The second-order valence-electron chi connectivity index (χ2n) is 5.27. The number of anilines is 1. The Morgan fingerprint density at radius 1 is 1.35 bits per heavy atom. The molecular formula is C14H18BrF3N2. The highest BCUT2D eigenvalue weighted by Crippen LogP contribution is 2.38. The minimum absolute atomic E-state index is 0.299. The Morgan fingerprint density at radius 2 is 2.05 bits per heavy atom. The minimum Gasteiger partial charge on any atom is -0.370 e. The highest BCUT2D eigenvalue weighted by atomic mass is 79.9. The lowest BCUT2D eigenvalue weighted by Gasteiger charge is -2.32. The molecule has 0 amide bonds. The van der Waals surface area contributed by atoms with Crippen LogP contribution >= 0.6 is 15.9 Å². The second-order valence-corrected chi connectivity index (χ2v) is 6.12. The number of nitrogens with two attached hydrogens (primary N) is 1. The van der Waals surface area contributed by atoms with Crippen molar-refractivity contribution in [3.63, 3.8) is 0 Å². The standard InChI is InChI=1S/C14H18BrF3N2/c1-20(12-4-2-3-9(12)8-19)13-6-5-10(7-11(13)15)14(16,17)18/h5-7,9,12H,2-4,8,19H2,1H3. The van der Waals surface area contributed by atoms with Gasteiger partial charge in [0, 0.05) is 17.6 Å². The van der Waals surface area contributed by atoms with Crippen LogP contribution in [0.3, 0.4) is 0 Å². The fraction of sp³-hybridized carbons (Fsp3) is 0.571. The number of rotatable bonds is 3. The Morgan fingerprint density at radius 3 is 2.60 bits per heavy atom. The van der Waals surface area contributed by atoms with Gasteiger partial charge in [0.05, 0.1) is 11.3 Å². The Hall–Kier alpha value is -0.750. The van der Waals surface area contributed by atoms with Crippen molar-refractivity contribution in [3.8, 4) is 0 Å². The van der Waals surface area contributed by atoms with Crippen LogP contribution in [-0.4, -0.2) is 19.6 Å². The average Bonchev–Trinajstić information content (AvgIpc) is 2.85. The van der Waals surface area contributed by atoms with Gasteiger partial charge in [-0.1, -0.05) is 6.42 Å². The van der Waals surface area contributed by atoms with Crippen molar-refractivity contribution in [2.75, 3.05) is 18.5 Å². The van der Waals surface area contributed by atoms with E-state index in [-0.39, 0.29) is 0 Å². The summed E-state index contributed by atoms with van der Waals surface area (Å²) in [5.41, 5.74) is 5.92. The Balaban J connectivity index is 2.24. The molecule has 2 nitrogen and oxygen atoms in total. The molecule has 112 valence electrons. The van der Waals surface area contributed by atoms with Crippen LogP contribution in [-0.2, 0) is 6.18 Å². The van der Waals surface area contributed by atoms with Crippen molar-refractivity contribution >= 4 is 21.6 Å². The molecule has 1 aliphatic carbocycles. The fourth-order valence-electron chi connectivity index (χ4n) is 2.95. The summed E-state index contributed by atoms with van der Waals surface area (Å²) in [6.07, 6.45) is -1.07. The zero-order valence-corrected chi connectivity index (χ0v) is 12.8. The molecule has 1 fully saturated rings. The first kappa shape index (κ1) is 15.6. The van der Waals surface area contributed by atoms with E-state index in [1.807, 2.05) is 7.05 Å². The predicted molar refractivity (Wildman–Crippen MR) is 77.7 cm³/mol. The van der Waals surface area contributed by atoms with Gasteiger partial charge in [0.15, 0.2) is 0 Å². The lowest BCUT2D eigenvalue weighted by atomic mass is 10.0. The first-order chi connectivity index (χ1) is 9.34. The van der Waals surface area contributed by atoms with Gasteiger partial charge in [-0.15, -0.1) is 0 Å². The molecule has 0 spiro atoms. The maximum Gasteiger partial charge on any atom is 0.416 e. The molecule has 2 N–H and O–H groups in total. The lowest BCUT2D eigenvalue weighted by Crippen LogP contribution is -2.37. The molecule has 1 aromatic carbocycles. The Kier molecular flexibility index (Phi) is 4.64. The molecule has 6 heteroatoms. The molecule has 1 aromatic rings. The van der Waals surface area contributed by atoms with Gasteiger partial charge in [-0.25, -0.2) is 0 Å². The van der Waals surface area contributed by atoms with Gasteiger partial charge in [-0.3, -0.25) is 0 Å². The number of hydrogen-bond acceptors (Lipinski definition) is 2. The summed E-state index contributed by atoms with van der Waals surface area (Å²) < 4.78 is 38.5. The fourth-order valence-corrected chi connectivity index (χ4v) is 3.61. The maximum absolute atomic E-state index is 12.7. The van der Waals surface area contributed by atoms with Gasteiger partial charge in [0.1, 0.15) is 0 Å². The van der Waals surface area contributed by atoms with Crippen molar-refractivity contribution in [1.82, 2.24) is 0 Å². The van der Waals surface area contributed by atoms with Crippen molar-refractivity contribution in [2.24, 2.45) is 11.7 Å². The number of benzene rings is 1. The molecule has 0 saturated heterocycles. The summed E-state index contributed by atoms with van der Waals surface area (Å²) in [6.45, 7) is 0.618. The summed E-state index contributed by atoms with van der Waals surface area (Å²) >= 11 is 3.26. The zero-order valence-electron chi connectivity index (χ0n) is 11.3. The van der Waals surface area contributed by atoms with Crippen molar-refractivity contribution in [3.05, 3.63) is 28.2 Å². The largest absolute Gasteiger partial charge is 0.416 e. The molecule has 2 atom stereocenters. The van der Waals surface area contributed by atoms with E-state index in [1.54, 1.807) is 0 Å². The molecule has 0 heterocycles. The third kappa shape index (κ3) is 3.11. The molecule has 2 unspecified atom stereocenters. The van der Waals surface area contributed by atoms with Gasteiger partial charge in [-0.05, 0) is 59.4 Å². The Bertz CT molecular complexity index is 476. The molecule has 2 rings (SSSR count). The normalized spacial score (nSPS) is 23.1. The van der Waals surface area contributed by atoms with Gasteiger partial charge in [0.25, 0.3) is 0 Å². The smallest absolute Gasteiger partial charge is 0.370 e. The van der Waals surface area contributed by atoms with E-state index in [9.17, 15) is 13.2 Å². The molecule has 1 saturated carbocycles. The zero-order chi connectivity index (χ0) is 14.9. The second kappa shape index (κ2) is 5.93. The van der Waals surface area contributed by atoms with Crippen molar-refractivity contribution in [2.45, 2.75) is 31.5 Å². The quantitative estimate of drug-likeness (QED) is 0.891. The van der Waals surface area contributed by atoms with E-state index >= 15 is 0 Å². The van der Waals surface area contributed by atoms with Gasteiger partial charge in [0.2, 0.25) is 0 Å². The molecule has 0 aliphatic heterocycles. The van der Waals surface area contributed by atoms with Crippen LogP contribution in [0.5, 0.6) is 0 Å². The van der Waals surface area contributed by atoms with Gasteiger partial charge in [-0.2, -0.15) is 13.2 Å². The van der Waals surface area contributed by atoms with Crippen LogP contribution in [0.15, 0.2) is 22.7 Å². The lowest BCUT2D eigenvalue weighted by molar-refractivity contribution is -0.137. The average molecular weight is 351 g/mol. The van der Waals surface area contributed by atoms with Crippen LogP contribution in [0, 0.1) is 5.92 Å². The molecule has 0 radical (unpaired) electrons. The van der Waals surface area contributed by atoms with E-state index in [4.69, 9.17) is 5.73 Å². The summed E-state index contributed by atoms with van der Waals surface area (Å²) in [6, 6.07) is 4.09. The SMILES string of the molecule is CN(c1ccc(C(F)(F)F)cc1Br)C1CCCC1CN. The molecular weight excluding hydrogens is 333 g/mol. The third-order valence-corrected chi connectivity index (χ3v) is 4.71. The monoisotopic (exact) mass is 350 g/mol. The molecule has 0 bridgehead atoms. The maximum atomic E-state index is 12.7. The van der Waals surface area contributed by atoms with Crippen LogP contribution in [0.4, 0.5) is 18.9 Å².